The quantitative estimate of drug-likeness (QED) is 0.800. The lowest BCUT2D eigenvalue weighted by atomic mass is 10.0. The van der Waals surface area contributed by atoms with Crippen molar-refractivity contribution in [2.45, 2.75) is 19.1 Å². The number of nitrogens with zero attached hydrogens (tertiary/aromatic N) is 1. The summed E-state index contributed by atoms with van der Waals surface area (Å²) < 4.78 is 0. The summed E-state index contributed by atoms with van der Waals surface area (Å²) in [5, 5.41) is 13.3. The fourth-order valence-corrected chi connectivity index (χ4v) is 3.63. The summed E-state index contributed by atoms with van der Waals surface area (Å²) in [6.07, 6.45) is 0.706. The van der Waals surface area contributed by atoms with Crippen LogP contribution in [0.2, 0.25) is 0 Å². The lowest BCUT2D eigenvalue weighted by molar-refractivity contribution is -0.0678. The molecule has 0 saturated heterocycles. The van der Waals surface area contributed by atoms with Crippen molar-refractivity contribution >= 4 is 16.7 Å². The molecule has 1 unspecified atom stereocenters. The van der Waals surface area contributed by atoms with Crippen LogP contribution in [0.15, 0.2) is 66.7 Å². The van der Waals surface area contributed by atoms with Crippen LogP contribution in [-0.4, -0.2) is 22.5 Å². The molecule has 0 aliphatic carbocycles. The average molecular weight is 317 g/mol. The van der Waals surface area contributed by atoms with Crippen molar-refractivity contribution in [1.82, 2.24) is 4.90 Å². The van der Waals surface area contributed by atoms with Gasteiger partial charge in [0.15, 0.2) is 5.72 Å². The first-order chi connectivity index (χ1) is 11.6. The van der Waals surface area contributed by atoms with Crippen molar-refractivity contribution in [2.75, 3.05) is 6.54 Å². The first kappa shape index (κ1) is 14.9. The molecule has 4 rings (SSSR count). The zero-order valence-corrected chi connectivity index (χ0v) is 13.6. The number of amides is 1. The summed E-state index contributed by atoms with van der Waals surface area (Å²) in [5.74, 6) is -0.101. The highest BCUT2D eigenvalue weighted by atomic mass is 16.3. The monoisotopic (exact) mass is 317 g/mol. The number of rotatable bonds is 3. The minimum Gasteiger partial charge on any atom is -0.367 e. The van der Waals surface area contributed by atoms with Gasteiger partial charge in [0.2, 0.25) is 0 Å². The Morgan fingerprint density at radius 2 is 1.67 bits per heavy atom. The molecule has 1 atom stereocenters. The van der Waals surface area contributed by atoms with E-state index < -0.39 is 5.72 Å². The fraction of sp³-hybridized carbons (Fsp3) is 0.190. The molecule has 3 aromatic rings. The molecule has 0 spiro atoms. The van der Waals surface area contributed by atoms with Crippen LogP contribution in [0, 0.1) is 0 Å². The van der Waals surface area contributed by atoms with Crippen LogP contribution in [0.4, 0.5) is 0 Å². The third kappa shape index (κ3) is 2.21. The van der Waals surface area contributed by atoms with E-state index in [-0.39, 0.29) is 5.91 Å². The maximum absolute atomic E-state index is 12.7. The zero-order chi connectivity index (χ0) is 16.7. The summed E-state index contributed by atoms with van der Waals surface area (Å²) in [7, 11) is 0. The predicted octanol–water partition coefficient (Wildman–Crippen LogP) is 3.70. The van der Waals surface area contributed by atoms with Gasteiger partial charge in [0.1, 0.15) is 0 Å². The molecule has 1 aliphatic heterocycles. The Hall–Kier alpha value is -2.65. The molecular formula is C21H19NO2. The molecule has 3 nitrogen and oxygen atoms in total. The van der Waals surface area contributed by atoms with Gasteiger partial charge in [-0.15, -0.1) is 0 Å². The van der Waals surface area contributed by atoms with Gasteiger partial charge in [0, 0.05) is 17.7 Å². The van der Waals surface area contributed by atoms with Crippen molar-refractivity contribution in [1.29, 1.82) is 0 Å². The molecule has 24 heavy (non-hydrogen) atoms. The van der Waals surface area contributed by atoms with E-state index in [1.165, 1.54) is 16.3 Å². The Morgan fingerprint density at radius 3 is 2.50 bits per heavy atom. The van der Waals surface area contributed by atoms with E-state index >= 15 is 0 Å². The molecular weight excluding hydrogens is 298 g/mol. The highest BCUT2D eigenvalue weighted by Gasteiger charge is 2.44. The molecule has 1 aliphatic rings. The zero-order valence-electron chi connectivity index (χ0n) is 13.6. The van der Waals surface area contributed by atoms with Gasteiger partial charge in [0.25, 0.3) is 5.91 Å². The maximum atomic E-state index is 12.7. The molecule has 0 aromatic heterocycles. The van der Waals surface area contributed by atoms with Gasteiger partial charge in [-0.25, -0.2) is 0 Å². The molecule has 0 saturated carbocycles. The number of aliphatic hydroxyl groups is 1. The summed E-state index contributed by atoms with van der Waals surface area (Å²) in [6, 6.07) is 21.8. The molecule has 1 N–H and O–H groups in total. The van der Waals surface area contributed by atoms with E-state index in [9.17, 15) is 9.90 Å². The van der Waals surface area contributed by atoms with E-state index in [4.69, 9.17) is 0 Å². The SMILES string of the molecule is CC1(O)c2ccccc2C(=O)N1CCc1cccc2ccccc12. The van der Waals surface area contributed by atoms with Crippen LogP contribution in [-0.2, 0) is 12.1 Å². The van der Waals surface area contributed by atoms with Gasteiger partial charge in [0.05, 0.1) is 0 Å². The number of carbonyl (C=O) groups is 1. The second-order valence-corrected chi connectivity index (χ2v) is 6.41. The molecule has 3 heteroatoms. The van der Waals surface area contributed by atoms with E-state index in [0.717, 1.165) is 0 Å². The van der Waals surface area contributed by atoms with Crippen LogP contribution >= 0.6 is 0 Å². The second-order valence-electron chi connectivity index (χ2n) is 6.41. The Bertz CT molecular complexity index is 925. The summed E-state index contributed by atoms with van der Waals surface area (Å²) >= 11 is 0. The fourth-order valence-electron chi connectivity index (χ4n) is 3.63. The van der Waals surface area contributed by atoms with E-state index in [1.54, 1.807) is 17.9 Å². The molecule has 0 fully saturated rings. The smallest absolute Gasteiger partial charge is 0.256 e. The average Bonchev–Trinajstić information content (AvgIpc) is 2.80. The standard InChI is InChI=1S/C21H19NO2/c1-21(24)19-12-5-4-11-18(19)20(23)22(21)14-13-16-9-6-8-15-7-2-3-10-17(15)16/h2-12,24H,13-14H2,1H3. The molecule has 0 bridgehead atoms. The van der Waals surface area contributed by atoms with Gasteiger partial charge in [-0.3, -0.25) is 4.79 Å². The Balaban J connectivity index is 1.64. The maximum Gasteiger partial charge on any atom is 0.256 e. The highest BCUT2D eigenvalue weighted by molar-refractivity contribution is 5.99. The van der Waals surface area contributed by atoms with Gasteiger partial charge < -0.3 is 10.0 Å². The van der Waals surface area contributed by atoms with Crippen molar-refractivity contribution in [3.63, 3.8) is 0 Å². The third-order valence-corrected chi connectivity index (χ3v) is 4.92. The molecule has 1 amide bonds. The molecule has 0 radical (unpaired) electrons. The molecule has 3 aromatic carbocycles. The van der Waals surface area contributed by atoms with Crippen LogP contribution in [0.5, 0.6) is 0 Å². The first-order valence-corrected chi connectivity index (χ1v) is 8.19. The predicted molar refractivity (Wildman–Crippen MR) is 94.7 cm³/mol. The van der Waals surface area contributed by atoms with E-state index in [2.05, 4.69) is 24.3 Å². The van der Waals surface area contributed by atoms with Crippen molar-refractivity contribution in [2.24, 2.45) is 0 Å². The number of fused-ring (bicyclic) bond motifs is 2. The van der Waals surface area contributed by atoms with Crippen molar-refractivity contribution in [3.05, 3.63) is 83.4 Å². The topological polar surface area (TPSA) is 40.5 Å². The highest BCUT2D eigenvalue weighted by Crippen LogP contribution is 2.36. The number of carbonyl (C=O) groups excluding carboxylic acids is 1. The van der Waals surface area contributed by atoms with Gasteiger partial charge in [-0.2, -0.15) is 0 Å². The molecule has 120 valence electrons. The lowest BCUT2D eigenvalue weighted by Gasteiger charge is -2.31. The largest absolute Gasteiger partial charge is 0.367 e. The third-order valence-electron chi connectivity index (χ3n) is 4.92. The summed E-state index contributed by atoms with van der Waals surface area (Å²) in [6.45, 7) is 2.17. The lowest BCUT2D eigenvalue weighted by Crippen LogP contribution is -2.42. The van der Waals surface area contributed by atoms with Gasteiger partial charge >= 0.3 is 0 Å². The van der Waals surface area contributed by atoms with E-state index in [0.29, 0.717) is 24.1 Å². The van der Waals surface area contributed by atoms with Crippen LogP contribution in [0.3, 0.4) is 0 Å². The van der Waals surface area contributed by atoms with Gasteiger partial charge in [-0.1, -0.05) is 60.7 Å². The second kappa shape index (κ2) is 5.46. The van der Waals surface area contributed by atoms with Gasteiger partial charge in [-0.05, 0) is 35.7 Å². The summed E-state index contributed by atoms with van der Waals surface area (Å²) in [5.41, 5.74) is 1.22. The Kier molecular flexibility index (Phi) is 3.39. The molecule has 1 heterocycles. The number of hydrogen-bond acceptors (Lipinski definition) is 2. The number of hydrogen-bond donors (Lipinski definition) is 1. The van der Waals surface area contributed by atoms with Crippen LogP contribution in [0.1, 0.15) is 28.4 Å². The normalized spacial score (nSPS) is 19.8. The van der Waals surface area contributed by atoms with Crippen LogP contribution < -0.4 is 0 Å². The minimum absolute atomic E-state index is 0.101. The Morgan fingerprint density at radius 1 is 0.958 bits per heavy atom. The van der Waals surface area contributed by atoms with Crippen molar-refractivity contribution in [3.8, 4) is 0 Å². The Labute approximate surface area is 141 Å². The summed E-state index contributed by atoms with van der Waals surface area (Å²) in [4.78, 5) is 14.2. The number of benzene rings is 3. The van der Waals surface area contributed by atoms with Crippen molar-refractivity contribution < 1.29 is 9.90 Å². The minimum atomic E-state index is -1.25. The van der Waals surface area contributed by atoms with E-state index in [1.807, 2.05) is 36.4 Å². The van der Waals surface area contributed by atoms with Crippen LogP contribution in [0.25, 0.3) is 10.8 Å². The first-order valence-electron chi connectivity index (χ1n) is 8.19.